The normalized spacial score (nSPS) is 30.4. The number of piperidine rings is 1. The number of fused-ring (bicyclic) bond motifs is 2. The van der Waals surface area contributed by atoms with E-state index in [4.69, 9.17) is 0 Å². The summed E-state index contributed by atoms with van der Waals surface area (Å²) in [5.41, 5.74) is 0.0922. The van der Waals surface area contributed by atoms with Crippen molar-refractivity contribution in [3.8, 4) is 0 Å². The topological polar surface area (TPSA) is 32.3 Å². The van der Waals surface area contributed by atoms with Crippen LogP contribution in [0.4, 0.5) is 0 Å². The summed E-state index contributed by atoms with van der Waals surface area (Å²) in [6.07, 6.45) is 6.66. The van der Waals surface area contributed by atoms with Crippen LogP contribution in [-0.2, 0) is 4.79 Å². The number of carbonyl (C=O) groups is 1. The van der Waals surface area contributed by atoms with Crippen molar-refractivity contribution in [1.29, 1.82) is 0 Å². The molecular formula is C16H30N2O. The summed E-state index contributed by atoms with van der Waals surface area (Å²) >= 11 is 0. The molecule has 19 heavy (non-hydrogen) atoms. The standard InChI is InChI=1S/C16H30N2O/c1-5-8-18(15(19)11-16(2,3)4)14-9-12-6-7-13(10-14)17-12/h12-14,17H,5-11H2,1-4H3. The minimum absolute atomic E-state index is 0.0922. The number of nitrogens with zero attached hydrogens (tertiary/aromatic N) is 1. The average molecular weight is 266 g/mol. The van der Waals surface area contributed by atoms with Crippen LogP contribution in [0.1, 0.15) is 66.2 Å². The maximum absolute atomic E-state index is 12.6. The Kier molecular flexibility index (Phi) is 4.54. The Morgan fingerprint density at radius 2 is 1.79 bits per heavy atom. The van der Waals surface area contributed by atoms with Crippen molar-refractivity contribution in [3.63, 3.8) is 0 Å². The highest BCUT2D eigenvalue weighted by atomic mass is 16.2. The molecule has 0 aromatic carbocycles. The molecule has 2 rings (SSSR count). The first kappa shape index (κ1) is 14.8. The molecule has 3 heteroatoms. The molecule has 2 heterocycles. The zero-order valence-electron chi connectivity index (χ0n) is 13.0. The van der Waals surface area contributed by atoms with Crippen LogP contribution >= 0.6 is 0 Å². The van der Waals surface area contributed by atoms with Gasteiger partial charge in [0.1, 0.15) is 0 Å². The van der Waals surface area contributed by atoms with Crippen LogP contribution in [0.25, 0.3) is 0 Å². The smallest absolute Gasteiger partial charge is 0.223 e. The number of amides is 1. The van der Waals surface area contributed by atoms with Gasteiger partial charge in [-0.05, 0) is 37.5 Å². The van der Waals surface area contributed by atoms with Crippen LogP contribution in [0, 0.1) is 5.41 Å². The highest BCUT2D eigenvalue weighted by Gasteiger charge is 2.37. The average Bonchev–Trinajstić information content (AvgIpc) is 2.63. The quantitative estimate of drug-likeness (QED) is 0.848. The molecule has 0 aliphatic carbocycles. The second kappa shape index (κ2) is 5.82. The molecule has 2 atom stereocenters. The van der Waals surface area contributed by atoms with Gasteiger partial charge in [-0.25, -0.2) is 0 Å². The van der Waals surface area contributed by atoms with Crippen LogP contribution in [0.5, 0.6) is 0 Å². The Balaban J connectivity index is 2.00. The molecule has 2 fully saturated rings. The van der Waals surface area contributed by atoms with Gasteiger partial charge in [0.2, 0.25) is 5.91 Å². The van der Waals surface area contributed by atoms with Gasteiger partial charge < -0.3 is 10.2 Å². The van der Waals surface area contributed by atoms with Gasteiger partial charge >= 0.3 is 0 Å². The molecule has 2 bridgehead atoms. The third-order valence-corrected chi connectivity index (χ3v) is 4.36. The predicted molar refractivity (Wildman–Crippen MR) is 79.0 cm³/mol. The van der Waals surface area contributed by atoms with Crippen molar-refractivity contribution in [2.75, 3.05) is 6.54 Å². The fourth-order valence-electron chi connectivity index (χ4n) is 3.59. The van der Waals surface area contributed by atoms with Gasteiger partial charge in [-0.3, -0.25) is 4.79 Å². The molecule has 3 nitrogen and oxygen atoms in total. The monoisotopic (exact) mass is 266 g/mol. The molecule has 2 aliphatic heterocycles. The van der Waals surface area contributed by atoms with E-state index < -0.39 is 0 Å². The van der Waals surface area contributed by atoms with Crippen LogP contribution in [0.15, 0.2) is 0 Å². The van der Waals surface area contributed by atoms with Gasteiger partial charge in [-0.1, -0.05) is 27.7 Å². The number of rotatable bonds is 4. The van der Waals surface area contributed by atoms with Gasteiger partial charge in [-0.15, -0.1) is 0 Å². The third-order valence-electron chi connectivity index (χ3n) is 4.36. The number of hydrogen-bond donors (Lipinski definition) is 1. The Morgan fingerprint density at radius 3 is 2.26 bits per heavy atom. The van der Waals surface area contributed by atoms with E-state index >= 15 is 0 Å². The first-order valence-corrected chi connectivity index (χ1v) is 7.94. The second-order valence-corrected chi connectivity index (χ2v) is 7.59. The van der Waals surface area contributed by atoms with Crippen LogP contribution < -0.4 is 5.32 Å². The van der Waals surface area contributed by atoms with E-state index in [1.807, 2.05) is 0 Å². The minimum atomic E-state index is 0.0922. The highest BCUT2D eigenvalue weighted by molar-refractivity contribution is 5.77. The van der Waals surface area contributed by atoms with E-state index in [2.05, 4.69) is 37.9 Å². The first-order chi connectivity index (χ1) is 8.89. The summed E-state index contributed by atoms with van der Waals surface area (Å²) in [7, 11) is 0. The van der Waals surface area contributed by atoms with Crippen molar-refractivity contribution in [3.05, 3.63) is 0 Å². The van der Waals surface area contributed by atoms with Crippen molar-refractivity contribution in [1.82, 2.24) is 10.2 Å². The summed E-state index contributed by atoms with van der Waals surface area (Å²) < 4.78 is 0. The number of hydrogen-bond acceptors (Lipinski definition) is 2. The van der Waals surface area contributed by atoms with Gasteiger partial charge in [0, 0.05) is 31.1 Å². The molecule has 0 aromatic rings. The summed E-state index contributed by atoms with van der Waals surface area (Å²) in [6.45, 7) is 9.56. The van der Waals surface area contributed by atoms with Gasteiger partial charge in [0.05, 0.1) is 0 Å². The van der Waals surface area contributed by atoms with Crippen molar-refractivity contribution in [2.24, 2.45) is 5.41 Å². The predicted octanol–water partition coefficient (Wildman–Crippen LogP) is 2.94. The highest BCUT2D eigenvalue weighted by Crippen LogP contribution is 2.31. The van der Waals surface area contributed by atoms with Crippen LogP contribution in [0.2, 0.25) is 0 Å². The Labute approximate surface area is 118 Å². The molecule has 2 saturated heterocycles. The van der Waals surface area contributed by atoms with E-state index in [0.717, 1.165) is 25.8 Å². The molecule has 110 valence electrons. The fraction of sp³-hybridized carbons (Fsp3) is 0.938. The van der Waals surface area contributed by atoms with Crippen molar-refractivity contribution >= 4 is 5.91 Å². The molecule has 2 aliphatic rings. The maximum atomic E-state index is 12.6. The molecule has 0 aromatic heterocycles. The van der Waals surface area contributed by atoms with E-state index in [9.17, 15) is 4.79 Å². The van der Waals surface area contributed by atoms with E-state index in [-0.39, 0.29) is 5.41 Å². The van der Waals surface area contributed by atoms with Crippen molar-refractivity contribution < 1.29 is 4.79 Å². The van der Waals surface area contributed by atoms with E-state index in [0.29, 0.717) is 30.5 Å². The summed E-state index contributed by atoms with van der Waals surface area (Å²) in [5, 5.41) is 3.67. The molecule has 0 saturated carbocycles. The Hall–Kier alpha value is -0.570. The maximum Gasteiger partial charge on any atom is 0.223 e. The SMILES string of the molecule is CCCN(C(=O)CC(C)(C)C)C1CC2CCC(C1)N2. The van der Waals surface area contributed by atoms with Crippen LogP contribution in [-0.4, -0.2) is 35.5 Å². The Bertz CT molecular complexity index is 309. The van der Waals surface area contributed by atoms with Gasteiger partial charge in [0.25, 0.3) is 0 Å². The molecule has 1 amide bonds. The summed E-state index contributed by atoms with van der Waals surface area (Å²) in [4.78, 5) is 14.8. The lowest BCUT2D eigenvalue weighted by Gasteiger charge is -2.39. The summed E-state index contributed by atoms with van der Waals surface area (Å²) in [6, 6.07) is 1.80. The van der Waals surface area contributed by atoms with E-state index in [1.165, 1.54) is 12.8 Å². The lowest BCUT2D eigenvalue weighted by molar-refractivity contribution is -0.136. The fourth-order valence-corrected chi connectivity index (χ4v) is 3.59. The zero-order valence-corrected chi connectivity index (χ0v) is 13.0. The van der Waals surface area contributed by atoms with Crippen molar-refractivity contribution in [2.45, 2.75) is 84.3 Å². The molecular weight excluding hydrogens is 236 g/mol. The Morgan fingerprint density at radius 1 is 1.21 bits per heavy atom. The minimum Gasteiger partial charge on any atom is -0.340 e. The second-order valence-electron chi connectivity index (χ2n) is 7.59. The largest absolute Gasteiger partial charge is 0.340 e. The van der Waals surface area contributed by atoms with Gasteiger partial charge in [0.15, 0.2) is 0 Å². The molecule has 0 radical (unpaired) electrons. The third kappa shape index (κ3) is 3.95. The first-order valence-electron chi connectivity index (χ1n) is 7.94. The lowest BCUT2D eigenvalue weighted by Crippen LogP contribution is -2.51. The molecule has 0 spiro atoms. The summed E-state index contributed by atoms with van der Waals surface area (Å²) in [5.74, 6) is 0.362. The number of nitrogens with one attached hydrogen (secondary N) is 1. The molecule has 2 unspecified atom stereocenters. The number of carbonyl (C=O) groups excluding carboxylic acids is 1. The van der Waals surface area contributed by atoms with E-state index in [1.54, 1.807) is 0 Å². The lowest BCUT2D eigenvalue weighted by atomic mass is 9.90. The van der Waals surface area contributed by atoms with Gasteiger partial charge in [-0.2, -0.15) is 0 Å². The van der Waals surface area contributed by atoms with Crippen LogP contribution in [0.3, 0.4) is 0 Å². The zero-order chi connectivity index (χ0) is 14.0. The molecule has 1 N–H and O–H groups in total.